The minimum atomic E-state index is -0.290. The number of rotatable bonds is 9. The van der Waals surface area contributed by atoms with E-state index in [-0.39, 0.29) is 17.2 Å². The summed E-state index contributed by atoms with van der Waals surface area (Å²) >= 11 is 7.42. The number of methoxy groups -OCH3 is 1. The summed E-state index contributed by atoms with van der Waals surface area (Å²) in [4.78, 5) is 17.6. The average molecular weight is 501 g/mol. The van der Waals surface area contributed by atoms with Crippen molar-refractivity contribution in [2.75, 3.05) is 11.8 Å². The Morgan fingerprint density at radius 1 is 1.09 bits per heavy atom. The van der Waals surface area contributed by atoms with E-state index < -0.39 is 0 Å². The molecule has 4 aromatic heterocycles. The summed E-state index contributed by atoms with van der Waals surface area (Å²) in [6.45, 7) is 7.99. The first-order chi connectivity index (χ1) is 16.4. The number of halogens is 1. The van der Waals surface area contributed by atoms with Crippen molar-refractivity contribution in [1.29, 1.82) is 0 Å². The van der Waals surface area contributed by atoms with Crippen LogP contribution in [0.3, 0.4) is 0 Å². The Hall–Kier alpha value is -3.18. The van der Waals surface area contributed by atoms with Crippen LogP contribution in [0, 0.1) is 6.92 Å². The number of ether oxygens (including phenoxy) is 1. The highest BCUT2D eigenvalue weighted by molar-refractivity contribution is 8.01. The number of nitrogens with one attached hydrogen (secondary N) is 1. The van der Waals surface area contributed by atoms with Crippen molar-refractivity contribution in [3.63, 3.8) is 0 Å². The van der Waals surface area contributed by atoms with Crippen molar-refractivity contribution in [3.05, 3.63) is 59.3 Å². The first kappa shape index (κ1) is 24.0. The van der Waals surface area contributed by atoms with E-state index in [2.05, 4.69) is 48.7 Å². The first-order valence-corrected chi connectivity index (χ1v) is 11.9. The van der Waals surface area contributed by atoms with Crippen LogP contribution in [-0.2, 0) is 0 Å². The minimum Gasteiger partial charge on any atom is -0.481 e. The summed E-state index contributed by atoms with van der Waals surface area (Å²) in [6.07, 6.45) is 4.90. The van der Waals surface area contributed by atoms with Crippen LogP contribution in [0.25, 0.3) is 11.5 Å². The second-order valence-electron chi connectivity index (χ2n) is 7.74. The number of oxazole rings is 1. The molecule has 0 radical (unpaired) electrons. The highest BCUT2D eigenvalue weighted by atomic mass is 35.5. The highest BCUT2D eigenvalue weighted by Gasteiger charge is 2.25. The second kappa shape index (κ2) is 10.4. The second-order valence-corrected chi connectivity index (χ2v) is 9.36. The van der Waals surface area contributed by atoms with E-state index in [1.165, 1.54) is 11.9 Å². The van der Waals surface area contributed by atoms with Crippen molar-refractivity contribution in [1.82, 2.24) is 34.7 Å². The van der Waals surface area contributed by atoms with Gasteiger partial charge in [-0.15, -0.1) is 10.2 Å². The topological polar surface area (TPSA) is 117 Å². The maximum Gasteiger partial charge on any atom is 0.235 e. The van der Waals surface area contributed by atoms with Crippen LogP contribution in [0.1, 0.15) is 50.2 Å². The Morgan fingerprint density at radius 3 is 2.53 bits per heavy atom. The summed E-state index contributed by atoms with van der Waals surface area (Å²) < 4.78 is 16.3. The third-order valence-electron chi connectivity index (χ3n) is 5.33. The molecule has 0 aromatic carbocycles. The van der Waals surface area contributed by atoms with Gasteiger partial charge in [-0.2, -0.15) is 0 Å². The lowest BCUT2D eigenvalue weighted by atomic mass is 10.1. The lowest BCUT2D eigenvalue weighted by Gasteiger charge is -2.20. The molecule has 12 heteroatoms. The molecule has 0 saturated carbocycles. The van der Waals surface area contributed by atoms with Gasteiger partial charge in [-0.05, 0) is 31.9 Å². The van der Waals surface area contributed by atoms with Crippen molar-refractivity contribution in [3.8, 4) is 17.4 Å². The van der Waals surface area contributed by atoms with E-state index in [1.807, 2.05) is 30.5 Å². The number of aryl methyl sites for hydroxylation is 1. The maximum atomic E-state index is 5.92. The maximum absolute atomic E-state index is 5.92. The zero-order valence-corrected chi connectivity index (χ0v) is 21.0. The third kappa shape index (κ3) is 5.15. The summed E-state index contributed by atoms with van der Waals surface area (Å²) in [7, 11) is 1.57. The molecule has 0 spiro atoms. The summed E-state index contributed by atoms with van der Waals surface area (Å²) in [5.41, 5.74) is 0.621. The van der Waals surface area contributed by atoms with Crippen molar-refractivity contribution >= 4 is 29.5 Å². The highest BCUT2D eigenvalue weighted by Crippen LogP contribution is 2.32. The van der Waals surface area contributed by atoms with E-state index in [9.17, 15) is 0 Å². The normalized spacial score (nSPS) is 13.9. The quantitative estimate of drug-likeness (QED) is 0.316. The fourth-order valence-electron chi connectivity index (χ4n) is 3.25. The van der Waals surface area contributed by atoms with E-state index in [4.69, 9.17) is 20.8 Å². The van der Waals surface area contributed by atoms with Crippen LogP contribution in [0.5, 0.6) is 5.88 Å². The molecule has 0 bridgehead atoms. The van der Waals surface area contributed by atoms with Crippen LogP contribution in [-0.4, -0.2) is 47.1 Å². The smallest absolute Gasteiger partial charge is 0.235 e. The number of pyridine rings is 1. The van der Waals surface area contributed by atoms with Gasteiger partial charge in [0.2, 0.25) is 17.7 Å². The third-order valence-corrected chi connectivity index (χ3v) is 6.60. The molecule has 3 atom stereocenters. The van der Waals surface area contributed by atoms with Crippen molar-refractivity contribution in [2.24, 2.45) is 0 Å². The van der Waals surface area contributed by atoms with Gasteiger partial charge in [0.05, 0.1) is 18.3 Å². The fraction of sp³-hybridized carbons (Fsp3) is 0.364. The number of hydrogen-bond acceptors (Lipinski definition) is 10. The van der Waals surface area contributed by atoms with E-state index in [0.29, 0.717) is 34.3 Å². The lowest BCUT2D eigenvalue weighted by molar-refractivity contribution is 0.398. The molecule has 0 aliphatic carbocycles. The van der Waals surface area contributed by atoms with Crippen LogP contribution in [0.2, 0.25) is 5.02 Å². The molecular weight excluding hydrogens is 476 g/mol. The molecule has 1 N–H and O–H groups in total. The van der Waals surface area contributed by atoms with Crippen molar-refractivity contribution in [2.45, 2.75) is 44.9 Å². The zero-order valence-electron chi connectivity index (χ0n) is 19.4. The minimum absolute atomic E-state index is 0.0671. The van der Waals surface area contributed by atoms with Crippen LogP contribution in [0.4, 0.5) is 5.95 Å². The van der Waals surface area contributed by atoms with Gasteiger partial charge in [0.1, 0.15) is 23.3 Å². The number of aromatic nitrogens is 7. The lowest BCUT2D eigenvalue weighted by Crippen LogP contribution is -2.16. The summed E-state index contributed by atoms with van der Waals surface area (Å²) in [5.74, 6) is 3.66. The molecule has 4 rings (SSSR count). The molecule has 4 heterocycles. The number of nitrogens with zero attached hydrogens (tertiary/aromatic N) is 7. The molecule has 0 fully saturated rings. The summed E-state index contributed by atoms with van der Waals surface area (Å²) in [5, 5.41) is 9.44. The Balaban J connectivity index is 1.62. The Kier molecular flexibility index (Phi) is 7.32. The predicted octanol–water partition coefficient (Wildman–Crippen LogP) is 4.95. The predicted molar refractivity (Wildman–Crippen MR) is 131 cm³/mol. The number of anilines is 1. The molecule has 0 unspecified atom stereocenters. The molecule has 4 aromatic rings. The van der Waals surface area contributed by atoms with Crippen LogP contribution in [0.15, 0.2) is 41.2 Å². The molecule has 0 saturated heterocycles. The van der Waals surface area contributed by atoms with Gasteiger partial charge >= 0.3 is 0 Å². The Morgan fingerprint density at radius 2 is 1.85 bits per heavy atom. The van der Waals surface area contributed by atoms with Gasteiger partial charge in [-0.1, -0.05) is 31.5 Å². The van der Waals surface area contributed by atoms with Crippen LogP contribution < -0.4 is 9.46 Å². The fourth-order valence-corrected chi connectivity index (χ4v) is 4.10. The standard InChI is InChI=1S/C22H25ClN8O2S/c1-12-9-26-21(33-12)14(3)31-20(17-7-6-8-18(27-17)32-5)28-29-22(31)30-34-15(4)13(2)19-24-10-16(23)11-25-19/h6-11,13-15H,1-5H3,(H,29,30)/t13-,14-,15-/m0/s1. The monoisotopic (exact) mass is 500 g/mol. The molecule has 34 heavy (non-hydrogen) atoms. The van der Waals surface area contributed by atoms with E-state index in [0.717, 1.165) is 11.6 Å². The SMILES string of the molecule is COc1cccc(-c2nnc(NS[C@@H](C)[C@H](C)c3ncc(Cl)cn3)n2[C@@H](C)c2ncc(C)o2)n1. The largest absolute Gasteiger partial charge is 0.481 e. The molecule has 0 aliphatic heterocycles. The van der Waals surface area contributed by atoms with Gasteiger partial charge in [0, 0.05) is 29.6 Å². The Bertz CT molecular complexity index is 1250. The van der Waals surface area contributed by atoms with E-state index in [1.54, 1.807) is 31.8 Å². The first-order valence-electron chi connectivity index (χ1n) is 10.6. The van der Waals surface area contributed by atoms with Gasteiger partial charge < -0.3 is 9.15 Å². The zero-order chi connectivity index (χ0) is 24.2. The van der Waals surface area contributed by atoms with Gasteiger partial charge in [-0.3, -0.25) is 9.29 Å². The number of hydrogen-bond donors (Lipinski definition) is 1. The van der Waals surface area contributed by atoms with Crippen LogP contribution >= 0.6 is 23.5 Å². The Labute approximate surface area is 206 Å². The van der Waals surface area contributed by atoms with Gasteiger partial charge in [0.15, 0.2) is 5.82 Å². The van der Waals surface area contributed by atoms with E-state index >= 15 is 0 Å². The van der Waals surface area contributed by atoms with Gasteiger partial charge in [-0.25, -0.2) is 19.9 Å². The average Bonchev–Trinajstić information content (AvgIpc) is 3.48. The van der Waals surface area contributed by atoms with Crippen molar-refractivity contribution < 1.29 is 9.15 Å². The van der Waals surface area contributed by atoms with Gasteiger partial charge in [0.25, 0.3) is 0 Å². The molecular formula is C22H25ClN8O2S. The molecule has 0 aliphatic rings. The molecule has 0 amide bonds. The molecule has 10 nitrogen and oxygen atoms in total. The summed E-state index contributed by atoms with van der Waals surface area (Å²) in [6, 6.07) is 5.21. The molecule has 178 valence electrons.